The summed E-state index contributed by atoms with van der Waals surface area (Å²) >= 11 is 0. The van der Waals surface area contributed by atoms with Gasteiger partial charge in [-0.2, -0.15) is 0 Å². The summed E-state index contributed by atoms with van der Waals surface area (Å²) in [5, 5.41) is 10.9. The zero-order valence-corrected chi connectivity index (χ0v) is 8.51. The maximum absolute atomic E-state index is 10.8. The van der Waals surface area contributed by atoms with Gasteiger partial charge in [0.25, 0.3) is 0 Å². The summed E-state index contributed by atoms with van der Waals surface area (Å²) in [6.07, 6.45) is 5.59. The molecule has 0 spiro atoms. The van der Waals surface area contributed by atoms with E-state index in [1.165, 1.54) is 12.8 Å². The molecule has 2 N–H and O–H groups in total. The molecule has 1 aliphatic carbocycles. The van der Waals surface area contributed by atoms with Crippen molar-refractivity contribution in [1.29, 1.82) is 0 Å². The lowest BCUT2D eigenvalue weighted by molar-refractivity contribution is -0.150. The minimum absolute atomic E-state index is 0.158. The monoisotopic (exact) mass is 199 g/mol. The summed E-state index contributed by atoms with van der Waals surface area (Å²) in [5.74, 6) is -2.28. The molecular formula is C10H17NO3. The van der Waals surface area contributed by atoms with Crippen LogP contribution in [0.1, 0.15) is 39.0 Å². The summed E-state index contributed by atoms with van der Waals surface area (Å²) in [6, 6.07) is 0. The van der Waals surface area contributed by atoms with Crippen molar-refractivity contribution in [3.05, 3.63) is 0 Å². The van der Waals surface area contributed by atoms with E-state index < -0.39 is 11.9 Å². The molecular weight excluding hydrogens is 182 g/mol. The Labute approximate surface area is 83.7 Å². The number of aliphatic carboxylic acids is 1. The Hall–Kier alpha value is -1.06. The van der Waals surface area contributed by atoms with Crippen LogP contribution in [-0.4, -0.2) is 23.5 Å². The molecule has 1 rings (SSSR count). The second-order valence-electron chi connectivity index (χ2n) is 4.05. The summed E-state index contributed by atoms with van der Waals surface area (Å²) in [7, 11) is 0. The van der Waals surface area contributed by atoms with E-state index in [0.717, 1.165) is 19.3 Å². The average Bonchev–Trinajstić information content (AvgIpc) is 2.63. The Morgan fingerprint density at radius 3 is 2.36 bits per heavy atom. The van der Waals surface area contributed by atoms with Crippen LogP contribution >= 0.6 is 0 Å². The van der Waals surface area contributed by atoms with Crippen LogP contribution < -0.4 is 5.32 Å². The molecule has 80 valence electrons. The first-order valence-electron chi connectivity index (χ1n) is 5.11. The van der Waals surface area contributed by atoms with Gasteiger partial charge in [0.2, 0.25) is 0 Å². The molecule has 0 atom stereocenters. The topological polar surface area (TPSA) is 66.4 Å². The van der Waals surface area contributed by atoms with Gasteiger partial charge < -0.3 is 10.4 Å². The Morgan fingerprint density at radius 2 is 1.93 bits per heavy atom. The molecule has 0 bridgehead atoms. The Bertz CT molecular complexity index is 232. The standard InChI is InChI=1S/C10H17NO3/c1-2-10(5-3-4-6-10)7-11-8(12)9(13)14/h2-7H2,1H3,(H,11,12)(H,13,14). The predicted octanol–water partition coefficient (Wildman–Crippen LogP) is 1.16. The smallest absolute Gasteiger partial charge is 0.394 e. The van der Waals surface area contributed by atoms with Crippen molar-refractivity contribution in [2.24, 2.45) is 5.41 Å². The van der Waals surface area contributed by atoms with Crippen molar-refractivity contribution < 1.29 is 14.7 Å². The summed E-state index contributed by atoms with van der Waals surface area (Å²) in [4.78, 5) is 21.1. The predicted molar refractivity (Wildman–Crippen MR) is 51.8 cm³/mol. The molecule has 0 heterocycles. The van der Waals surface area contributed by atoms with Crippen molar-refractivity contribution >= 4 is 11.9 Å². The van der Waals surface area contributed by atoms with E-state index in [4.69, 9.17) is 5.11 Å². The zero-order chi connectivity index (χ0) is 10.6. The van der Waals surface area contributed by atoms with Crippen molar-refractivity contribution in [2.75, 3.05) is 6.54 Å². The molecule has 1 aliphatic rings. The molecule has 14 heavy (non-hydrogen) atoms. The largest absolute Gasteiger partial charge is 0.474 e. The number of carboxylic acids is 1. The second-order valence-corrected chi connectivity index (χ2v) is 4.05. The fourth-order valence-electron chi connectivity index (χ4n) is 2.12. The van der Waals surface area contributed by atoms with Gasteiger partial charge in [0.15, 0.2) is 0 Å². The second kappa shape index (κ2) is 4.44. The zero-order valence-electron chi connectivity index (χ0n) is 8.51. The van der Waals surface area contributed by atoms with E-state index in [1.807, 2.05) is 0 Å². The van der Waals surface area contributed by atoms with Crippen LogP contribution in [0, 0.1) is 5.41 Å². The van der Waals surface area contributed by atoms with Crippen molar-refractivity contribution in [1.82, 2.24) is 5.32 Å². The van der Waals surface area contributed by atoms with Gasteiger partial charge in [-0.05, 0) is 24.7 Å². The minimum atomic E-state index is -1.39. The van der Waals surface area contributed by atoms with E-state index in [2.05, 4.69) is 12.2 Å². The molecule has 4 nitrogen and oxygen atoms in total. The Morgan fingerprint density at radius 1 is 1.36 bits per heavy atom. The highest BCUT2D eigenvalue weighted by atomic mass is 16.4. The number of hydrogen-bond donors (Lipinski definition) is 2. The number of carboxylic acid groups (broad SMARTS) is 1. The van der Waals surface area contributed by atoms with E-state index in [9.17, 15) is 9.59 Å². The maximum Gasteiger partial charge on any atom is 0.394 e. The summed E-state index contributed by atoms with van der Waals surface area (Å²) < 4.78 is 0. The molecule has 0 radical (unpaired) electrons. The Balaban J connectivity index is 2.42. The number of carbonyl (C=O) groups excluding carboxylic acids is 1. The number of nitrogens with one attached hydrogen (secondary N) is 1. The maximum atomic E-state index is 10.8. The van der Waals surface area contributed by atoms with Gasteiger partial charge in [-0.3, -0.25) is 4.79 Å². The number of amides is 1. The van der Waals surface area contributed by atoms with Gasteiger partial charge in [-0.25, -0.2) is 4.79 Å². The quantitative estimate of drug-likeness (QED) is 0.670. The van der Waals surface area contributed by atoms with E-state index in [-0.39, 0.29) is 5.41 Å². The van der Waals surface area contributed by atoms with Gasteiger partial charge in [-0.1, -0.05) is 19.8 Å². The van der Waals surface area contributed by atoms with Crippen LogP contribution in [0.4, 0.5) is 0 Å². The molecule has 0 aliphatic heterocycles. The molecule has 0 aromatic carbocycles. The van der Waals surface area contributed by atoms with Crippen LogP contribution in [-0.2, 0) is 9.59 Å². The van der Waals surface area contributed by atoms with Gasteiger partial charge in [0, 0.05) is 6.54 Å². The fourth-order valence-corrected chi connectivity index (χ4v) is 2.12. The third-order valence-electron chi connectivity index (χ3n) is 3.23. The first kappa shape index (κ1) is 11.0. The molecule has 1 fully saturated rings. The third-order valence-corrected chi connectivity index (χ3v) is 3.23. The van der Waals surface area contributed by atoms with Gasteiger partial charge in [0.1, 0.15) is 0 Å². The fraction of sp³-hybridized carbons (Fsp3) is 0.800. The molecule has 1 amide bonds. The van der Waals surface area contributed by atoms with Gasteiger partial charge in [-0.15, -0.1) is 0 Å². The molecule has 0 aromatic rings. The SMILES string of the molecule is CCC1(CNC(=O)C(=O)O)CCCC1. The summed E-state index contributed by atoms with van der Waals surface area (Å²) in [6.45, 7) is 2.60. The van der Waals surface area contributed by atoms with E-state index in [1.54, 1.807) is 0 Å². The highest BCUT2D eigenvalue weighted by Gasteiger charge is 2.32. The summed E-state index contributed by atoms with van der Waals surface area (Å²) in [5.41, 5.74) is 0.158. The number of rotatable bonds is 3. The van der Waals surface area contributed by atoms with Crippen molar-refractivity contribution in [3.8, 4) is 0 Å². The lowest BCUT2D eigenvalue weighted by atomic mass is 9.83. The first-order chi connectivity index (χ1) is 6.59. The van der Waals surface area contributed by atoms with Crippen LogP contribution in [0.2, 0.25) is 0 Å². The molecule has 0 aromatic heterocycles. The van der Waals surface area contributed by atoms with E-state index >= 15 is 0 Å². The third kappa shape index (κ3) is 2.47. The van der Waals surface area contributed by atoms with Crippen LogP contribution in [0.5, 0.6) is 0 Å². The minimum Gasteiger partial charge on any atom is -0.474 e. The molecule has 0 saturated heterocycles. The highest BCUT2D eigenvalue weighted by molar-refractivity contribution is 6.31. The van der Waals surface area contributed by atoms with E-state index in [0.29, 0.717) is 6.54 Å². The molecule has 1 saturated carbocycles. The van der Waals surface area contributed by atoms with Crippen LogP contribution in [0.25, 0.3) is 0 Å². The first-order valence-corrected chi connectivity index (χ1v) is 5.11. The normalized spacial score (nSPS) is 19.2. The van der Waals surface area contributed by atoms with Crippen molar-refractivity contribution in [2.45, 2.75) is 39.0 Å². The van der Waals surface area contributed by atoms with Crippen LogP contribution in [0.15, 0.2) is 0 Å². The Kier molecular flexibility index (Phi) is 3.49. The van der Waals surface area contributed by atoms with Gasteiger partial charge >= 0.3 is 11.9 Å². The van der Waals surface area contributed by atoms with Crippen LogP contribution in [0.3, 0.4) is 0 Å². The average molecular weight is 199 g/mol. The van der Waals surface area contributed by atoms with Gasteiger partial charge in [0.05, 0.1) is 0 Å². The van der Waals surface area contributed by atoms with Crippen molar-refractivity contribution in [3.63, 3.8) is 0 Å². The molecule has 0 unspecified atom stereocenters. The highest BCUT2D eigenvalue weighted by Crippen LogP contribution is 2.40. The number of hydrogen-bond acceptors (Lipinski definition) is 2. The molecule has 4 heteroatoms. The lowest BCUT2D eigenvalue weighted by Crippen LogP contribution is -2.39. The lowest BCUT2D eigenvalue weighted by Gasteiger charge is -2.27. The number of carbonyl (C=O) groups is 2.